The molecule has 0 saturated carbocycles. The number of β-amino-alcohol motifs (C(OH)–C–C–N with tert-alkyl or cyclic N) is 1. The molecular weight excluding hydrogens is 206 g/mol. The average molecular weight is 223 g/mol. The van der Waals surface area contributed by atoms with E-state index in [1.807, 2.05) is 13.8 Å². The van der Waals surface area contributed by atoms with Crippen molar-refractivity contribution < 1.29 is 5.11 Å². The minimum Gasteiger partial charge on any atom is -0.391 e. The van der Waals surface area contributed by atoms with Crippen molar-refractivity contribution in [2.75, 3.05) is 23.4 Å². The number of aliphatic hydroxyl groups is 1. The van der Waals surface area contributed by atoms with Gasteiger partial charge in [0.2, 0.25) is 0 Å². The summed E-state index contributed by atoms with van der Waals surface area (Å²) in [4.78, 5) is 10.7. The van der Waals surface area contributed by atoms with E-state index in [2.05, 4.69) is 20.3 Å². The molecule has 4 N–H and O–H groups in total. The molecule has 16 heavy (non-hydrogen) atoms. The SMILES string of the molecule is Cc1nc(NN)c(C)c(N2CCC(O)C2)n1. The summed E-state index contributed by atoms with van der Waals surface area (Å²) in [5, 5.41) is 9.52. The molecule has 1 saturated heterocycles. The predicted octanol–water partition coefficient (Wildman–Crippen LogP) is -0.0500. The smallest absolute Gasteiger partial charge is 0.148 e. The van der Waals surface area contributed by atoms with Crippen LogP contribution in [0.3, 0.4) is 0 Å². The van der Waals surface area contributed by atoms with Crippen LogP contribution in [-0.4, -0.2) is 34.3 Å². The van der Waals surface area contributed by atoms with E-state index in [0.29, 0.717) is 18.2 Å². The molecule has 0 aliphatic carbocycles. The molecular formula is C10H17N5O. The van der Waals surface area contributed by atoms with Crippen LogP contribution in [0, 0.1) is 13.8 Å². The molecule has 1 aliphatic heterocycles. The van der Waals surface area contributed by atoms with Crippen LogP contribution in [0.1, 0.15) is 17.8 Å². The lowest BCUT2D eigenvalue weighted by molar-refractivity contribution is 0.198. The predicted molar refractivity (Wildman–Crippen MR) is 62.2 cm³/mol. The lowest BCUT2D eigenvalue weighted by atomic mass is 10.3. The first-order chi connectivity index (χ1) is 7.61. The molecule has 6 nitrogen and oxygen atoms in total. The van der Waals surface area contributed by atoms with Crippen molar-refractivity contribution in [2.45, 2.75) is 26.4 Å². The Hall–Kier alpha value is -1.40. The number of nitrogens with one attached hydrogen (secondary N) is 1. The van der Waals surface area contributed by atoms with Gasteiger partial charge in [-0.2, -0.15) is 0 Å². The maximum absolute atomic E-state index is 9.52. The number of nitrogens with zero attached hydrogens (tertiary/aromatic N) is 3. The van der Waals surface area contributed by atoms with E-state index in [4.69, 9.17) is 5.84 Å². The number of aromatic nitrogens is 2. The van der Waals surface area contributed by atoms with E-state index in [-0.39, 0.29) is 6.10 Å². The maximum Gasteiger partial charge on any atom is 0.148 e. The van der Waals surface area contributed by atoms with E-state index in [1.54, 1.807) is 0 Å². The van der Waals surface area contributed by atoms with Crippen molar-refractivity contribution >= 4 is 11.6 Å². The molecule has 0 aromatic carbocycles. The average Bonchev–Trinajstić information content (AvgIpc) is 2.67. The van der Waals surface area contributed by atoms with Crippen molar-refractivity contribution in [3.8, 4) is 0 Å². The molecule has 1 atom stereocenters. The number of rotatable bonds is 2. The van der Waals surface area contributed by atoms with Gasteiger partial charge in [-0.1, -0.05) is 0 Å². The van der Waals surface area contributed by atoms with Crippen LogP contribution in [0.4, 0.5) is 11.6 Å². The fourth-order valence-corrected chi connectivity index (χ4v) is 2.00. The number of aliphatic hydroxyl groups excluding tert-OH is 1. The second-order valence-electron chi connectivity index (χ2n) is 4.10. The van der Waals surface area contributed by atoms with Crippen LogP contribution < -0.4 is 16.2 Å². The lowest BCUT2D eigenvalue weighted by Crippen LogP contribution is -2.24. The van der Waals surface area contributed by atoms with Crippen LogP contribution in [-0.2, 0) is 0 Å². The first kappa shape index (κ1) is 11.1. The molecule has 1 aliphatic rings. The molecule has 6 heteroatoms. The zero-order valence-corrected chi connectivity index (χ0v) is 9.56. The standard InChI is InChI=1S/C10H17N5O/c1-6-9(14-11)12-7(2)13-10(6)15-4-3-8(16)5-15/h8,16H,3-5,11H2,1-2H3,(H,12,13,14). The quantitative estimate of drug-likeness (QED) is 0.481. The molecule has 1 unspecified atom stereocenters. The number of aryl methyl sites for hydroxylation is 1. The molecule has 1 fully saturated rings. The van der Waals surface area contributed by atoms with Crippen LogP contribution >= 0.6 is 0 Å². The zero-order valence-electron chi connectivity index (χ0n) is 9.56. The number of hydrazine groups is 1. The Bertz CT molecular complexity index is 395. The summed E-state index contributed by atoms with van der Waals surface area (Å²) >= 11 is 0. The van der Waals surface area contributed by atoms with Gasteiger partial charge in [0, 0.05) is 18.7 Å². The van der Waals surface area contributed by atoms with Crippen molar-refractivity contribution in [3.05, 3.63) is 11.4 Å². The van der Waals surface area contributed by atoms with E-state index in [9.17, 15) is 5.11 Å². The van der Waals surface area contributed by atoms with Gasteiger partial charge in [-0.25, -0.2) is 15.8 Å². The van der Waals surface area contributed by atoms with Crippen LogP contribution in [0.5, 0.6) is 0 Å². The number of nitrogens with two attached hydrogens (primary N) is 1. The number of nitrogen functional groups attached to an aromatic ring is 1. The number of anilines is 2. The minimum absolute atomic E-state index is 0.260. The van der Waals surface area contributed by atoms with E-state index < -0.39 is 0 Å². The number of hydrogen-bond acceptors (Lipinski definition) is 6. The summed E-state index contributed by atoms with van der Waals surface area (Å²) in [6, 6.07) is 0. The van der Waals surface area contributed by atoms with Gasteiger partial charge >= 0.3 is 0 Å². The Morgan fingerprint density at radius 1 is 1.44 bits per heavy atom. The Labute approximate surface area is 94.5 Å². The normalized spacial score (nSPS) is 20.2. The van der Waals surface area contributed by atoms with E-state index in [1.165, 1.54) is 0 Å². The van der Waals surface area contributed by atoms with Gasteiger partial charge in [-0.05, 0) is 20.3 Å². The van der Waals surface area contributed by atoms with Crippen LogP contribution in [0.25, 0.3) is 0 Å². The highest BCUT2D eigenvalue weighted by Crippen LogP contribution is 2.25. The van der Waals surface area contributed by atoms with Gasteiger partial charge in [-0.15, -0.1) is 0 Å². The lowest BCUT2D eigenvalue weighted by Gasteiger charge is -2.20. The molecule has 2 heterocycles. The maximum atomic E-state index is 9.52. The fourth-order valence-electron chi connectivity index (χ4n) is 2.00. The van der Waals surface area contributed by atoms with Gasteiger partial charge in [0.1, 0.15) is 17.5 Å². The van der Waals surface area contributed by atoms with Gasteiger partial charge in [0.05, 0.1) is 6.10 Å². The van der Waals surface area contributed by atoms with Crippen molar-refractivity contribution in [3.63, 3.8) is 0 Å². The third-order valence-electron chi connectivity index (χ3n) is 2.83. The van der Waals surface area contributed by atoms with Crippen LogP contribution in [0.15, 0.2) is 0 Å². The zero-order chi connectivity index (χ0) is 11.7. The van der Waals surface area contributed by atoms with Gasteiger partial charge in [-0.3, -0.25) is 0 Å². The Balaban J connectivity index is 2.36. The monoisotopic (exact) mass is 223 g/mol. The van der Waals surface area contributed by atoms with Crippen molar-refractivity contribution in [2.24, 2.45) is 5.84 Å². The van der Waals surface area contributed by atoms with E-state index >= 15 is 0 Å². The van der Waals surface area contributed by atoms with Gasteiger partial charge < -0.3 is 15.4 Å². The molecule has 1 aromatic rings. The van der Waals surface area contributed by atoms with Gasteiger partial charge in [0.25, 0.3) is 0 Å². The van der Waals surface area contributed by atoms with Gasteiger partial charge in [0.15, 0.2) is 0 Å². The highest BCUT2D eigenvalue weighted by Gasteiger charge is 2.24. The third-order valence-corrected chi connectivity index (χ3v) is 2.83. The topological polar surface area (TPSA) is 87.3 Å². The highest BCUT2D eigenvalue weighted by atomic mass is 16.3. The molecule has 2 rings (SSSR count). The van der Waals surface area contributed by atoms with Crippen molar-refractivity contribution in [1.29, 1.82) is 0 Å². The Morgan fingerprint density at radius 2 is 2.19 bits per heavy atom. The molecule has 0 bridgehead atoms. The molecule has 1 aromatic heterocycles. The number of hydrogen-bond donors (Lipinski definition) is 3. The summed E-state index contributed by atoms with van der Waals surface area (Å²) < 4.78 is 0. The second-order valence-corrected chi connectivity index (χ2v) is 4.10. The van der Waals surface area contributed by atoms with Crippen LogP contribution in [0.2, 0.25) is 0 Å². The molecule has 0 amide bonds. The Kier molecular flexibility index (Phi) is 2.93. The molecule has 0 radical (unpaired) electrons. The summed E-state index contributed by atoms with van der Waals surface area (Å²) in [6.07, 6.45) is 0.525. The second kappa shape index (κ2) is 4.23. The first-order valence-corrected chi connectivity index (χ1v) is 5.36. The van der Waals surface area contributed by atoms with Crippen molar-refractivity contribution in [1.82, 2.24) is 9.97 Å². The first-order valence-electron chi connectivity index (χ1n) is 5.36. The largest absolute Gasteiger partial charge is 0.391 e. The minimum atomic E-state index is -0.260. The summed E-state index contributed by atoms with van der Waals surface area (Å²) in [7, 11) is 0. The summed E-state index contributed by atoms with van der Waals surface area (Å²) in [5.41, 5.74) is 3.49. The Morgan fingerprint density at radius 3 is 2.75 bits per heavy atom. The molecule has 0 spiro atoms. The summed E-state index contributed by atoms with van der Waals surface area (Å²) in [5.74, 6) is 7.58. The third kappa shape index (κ3) is 1.94. The molecule has 88 valence electrons. The highest BCUT2D eigenvalue weighted by molar-refractivity contribution is 5.58. The van der Waals surface area contributed by atoms with E-state index in [0.717, 1.165) is 24.3 Å². The summed E-state index contributed by atoms with van der Waals surface area (Å²) in [6.45, 7) is 5.20. The fraction of sp³-hybridized carbons (Fsp3) is 0.600.